The number of amides is 1. The highest BCUT2D eigenvalue weighted by atomic mass is 35.5. The Morgan fingerprint density at radius 1 is 1.00 bits per heavy atom. The molecule has 0 bridgehead atoms. The van der Waals surface area contributed by atoms with E-state index in [9.17, 15) is 4.79 Å². The van der Waals surface area contributed by atoms with Gasteiger partial charge in [-0.15, -0.1) is 11.5 Å². The molecule has 3 aromatic rings. The van der Waals surface area contributed by atoms with E-state index in [4.69, 9.17) is 28.3 Å². The SMILES string of the molecule is Cc1c(C(=O)NC2CCCC(C#C[Si](C(C)C)(C(C)C)C(C)C)C2)nn(-c2ccc(Cl)cc2Cl)c1-c1ccccc1. The van der Waals surface area contributed by atoms with Gasteiger partial charge in [0.05, 0.1) is 16.4 Å². The molecule has 0 saturated heterocycles. The van der Waals surface area contributed by atoms with Gasteiger partial charge >= 0.3 is 0 Å². The van der Waals surface area contributed by atoms with Crippen LogP contribution in [0.25, 0.3) is 16.9 Å². The highest BCUT2D eigenvalue weighted by Crippen LogP contribution is 2.41. The maximum absolute atomic E-state index is 13.7. The number of hydrogen-bond donors (Lipinski definition) is 1. The van der Waals surface area contributed by atoms with E-state index in [1.165, 1.54) is 0 Å². The van der Waals surface area contributed by atoms with Gasteiger partial charge in [-0.2, -0.15) is 5.10 Å². The number of nitrogens with one attached hydrogen (secondary N) is 1. The van der Waals surface area contributed by atoms with Gasteiger partial charge in [-0.1, -0.05) is 101 Å². The van der Waals surface area contributed by atoms with Crippen molar-refractivity contribution in [2.45, 2.75) is 96.8 Å². The molecule has 2 atom stereocenters. The van der Waals surface area contributed by atoms with Crippen LogP contribution < -0.4 is 5.32 Å². The first-order valence-electron chi connectivity index (χ1n) is 14.9. The summed E-state index contributed by atoms with van der Waals surface area (Å²) in [7, 11) is -1.78. The van der Waals surface area contributed by atoms with E-state index < -0.39 is 8.07 Å². The molecule has 4 rings (SSSR count). The average molecular weight is 609 g/mol. The van der Waals surface area contributed by atoms with Crippen LogP contribution in [-0.4, -0.2) is 29.8 Å². The molecule has 218 valence electrons. The van der Waals surface area contributed by atoms with Crippen molar-refractivity contribution >= 4 is 37.2 Å². The van der Waals surface area contributed by atoms with Crippen LogP contribution in [0.5, 0.6) is 0 Å². The van der Waals surface area contributed by atoms with E-state index in [1.54, 1.807) is 16.8 Å². The zero-order valence-corrected chi connectivity index (χ0v) is 27.9. The Morgan fingerprint density at radius 3 is 2.27 bits per heavy atom. The van der Waals surface area contributed by atoms with E-state index in [0.29, 0.717) is 44.0 Å². The van der Waals surface area contributed by atoms with Crippen LogP contribution in [0.3, 0.4) is 0 Å². The third-order valence-electron chi connectivity index (χ3n) is 8.89. The molecular weight excluding hydrogens is 565 g/mol. The number of nitrogens with zero attached hydrogens (tertiary/aromatic N) is 2. The van der Waals surface area contributed by atoms with Crippen molar-refractivity contribution in [2.75, 3.05) is 0 Å². The number of halogens is 2. The molecular formula is C34H43Cl2N3OSi. The summed E-state index contributed by atoms with van der Waals surface area (Å²) in [6.45, 7) is 16.1. The molecule has 1 aromatic heterocycles. The first kappa shape index (κ1) is 31.4. The molecule has 7 heteroatoms. The van der Waals surface area contributed by atoms with Crippen molar-refractivity contribution < 1.29 is 4.79 Å². The van der Waals surface area contributed by atoms with Crippen LogP contribution in [-0.2, 0) is 0 Å². The number of hydrogen-bond acceptors (Lipinski definition) is 2. The first-order valence-corrected chi connectivity index (χ1v) is 17.9. The largest absolute Gasteiger partial charge is 0.348 e. The fourth-order valence-electron chi connectivity index (χ4n) is 6.84. The average Bonchev–Trinajstić information content (AvgIpc) is 3.26. The Morgan fingerprint density at radius 2 is 1.66 bits per heavy atom. The number of benzene rings is 2. The van der Waals surface area contributed by atoms with E-state index in [-0.39, 0.29) is 11.9 Å². The molecule has 4 nitrogen and oxygen atoms in total. The summed E-state index contributed by atoms with van der Waals surface area (Å²) < 4.78 is 1.77. The Bertz CT molecular complexity index is 1410. The normalized spacial score (nSPS) is 17.6. The fourth-order valence-corrected chi connectivity index (χ4v) is 12.6. The number of rotatable bonds is 7. The van der Waals surface area contributed by atoms with E-state index in [1.807, 2.05) is 43.3 Å². The summed E-state index contributed by atoms with van der Waals surface area (Å²) >= 11 is 12.8. The molecule has 2 unspecified atom stereocenters. The Labute approximate surface area is 257 Å². The van der Waals surface area contributed by atoms with Gasteiger partial charge in [0.2, 0.25) is 0 Å². The highest BCUT2D eigenvalue weighted by molar-refractivity contribution is 6.90. The number of aromatic nitrogens is 2. The second kappa shape index (κ2) is 13.2. The monoisotopic (exact) mass is 607 g/mol. The molecule has 1 N–H and O–H groups in total. The minimum Gasteiger partial charge on any atom is -0.348 e. The molecule has 2 aromatic carbocycles. The smallest absolute Gasteiger partial charge is 0.272 e. The molecule has 1 fully saturated rings. The topological polar surface area (TPSA) is 46.9 Å². The molecule has 0 spiro atoms. The zero-order valence-electron chi connectivity index (χ0n) is 25.4. The van der Waals surface area contributed by atoms with Crippen molar-refractivity contribution in [3.63, 3.8) is 0 Å². The maximum Gasteiger partial charge on any atom is 0.272 e. The van der Waals surface area contributed by atoms with E-state index >= 15 is 0 Å². The van der Waals surface area contributed by atoms with Gasteiger partial charge in [-0.05, 0) is 61.0 Å². The van der Waals surface area contributed by atoms with Crippen molar-refractivity contribution in [3.8, 4) is 28.4 Å². The van der Waals surface area contributed by atoms with Crippen molar-refractivity contribution in [1.82, 2.24) is 15.1 Å². The summed E-state index contributed by atoms with van der Waals surface area (Å²) in [5.74, 6) is 3.90. The molecule has 1 saturated carbocycles. The van der Waals surface area contributed by atoms with Gasteiger partial charge in [-0.3, -0.25) is 4.79 Å². The summed E-state index contributed by atoms with van der Waals surface area (Å²) in [4.78, 5) is 13.7. The van der Waals surface area contributed by atoms with Crippen LogP contribution in [0.15, 0.2) is 48.5 Å². The van der Waals surface area contributed by atoms with Gasteiger partial charge in [-0.25, -0.2) is 4.68 Å². The molecule has 1 amide bonds. The minimum absolute atomic E-state index is 0.0765. The molecule has 0 radical (unpaired) electrons. The van der Waals surface area contributed by atoms with Crippen LogP contribution in [0.1, 0.15) is 83.3 Å². The van der Waals surface area contributed by atoms with Gasteiger partial charge in [0.1, 0.15) is 8.07 Å². The lowest BCUT2D eigenvalue weighted by atomic mass is 9.86. The Balaban J connectivity index is 1.61. The number of carbonyl (C=O) groups excluding carboxylic acids is 1. The van der Waals surface area contributed by atoms with Crippen molar-refractivity contribution in [1.29, 1.82) is 0 Å². The summed E-state index contributed by atoms with van der Waals surface area (Å²) in [6.07, 6.45) is 4.00. The Kier molecular flexibility index (Phi) is 10.1. The fraction of sp³-hybridized carbons (Fsp3) is 0.471. The number of carbonyl (C=O) groups is 1. The highest BCUT2D eigenvalue weighted by Gasteiger charge is 2.42. The van der Waals surface area contributed by atoms with E-state index in [2.05, 4.69) is 58.3 Å². The van der Waals surface area contributed by atoms with Gasteiger partial charge in [0, 0.05) is 28.1 Å². The lowest BCUT2D eigenvalue weighted by Crippen LogP contribution is -2.43. The zero-order chi connectivity index (χ0) is 29.9. The van der Waals surface area contributed by atoms with Crippen molar-refractivity contribution in [2.24, 2.45) is 5.92 Å². The maximum atomic E-state index is 13.7. The molecule has 1 aliphatic rings. The molecule has 1 heterocycles. The van der Waals surface area contributed by atoms with Crippen LogP contribution in [0.2, 0.25) is 26.7 Å². The van der Waals surface area contributed by atoms with Crippen LogP contribution >= 0.6 is 23.2 Å². The van der Waals surface area contributed by atoms with E-state index in [0.717, 1.165) is 42.5 Å². The molecule has 41 heavy (non-hydrogen) atoms. The summed E-state index contributed by atoms with van der Waals surface area (Å²) in [5, 5.41) is 9.15. The van der Waals surface area contributed by atoms with Crippen molar-refractivity contribution in [3.05, 3.63) is 69.8 Å². The Hall–Kier alpha value is -2.52. The lowest BCUT2D eigenvalue weighted by Gasteiger charge is -2.38. The summed E-state index contributed by atoms with van der Waals surface area (Å²) in [5.41, 5.74) is 9.45. The van der Waals surface area contributed by atoms with Gasteiger partial charge < -0.3 is 5.32 Å². The third kappa shape index (κ3) is 6.61. The van der Waals surface area contributed by atoms with Crippen LogP contribution in [0, 0.1) is 24.3 Å². The third-order valence-corrected chi connectivity index (χ3v) is 15.7. The molecule has 1 aliphatic carbocycles. The minimum atomic E-state index is -1.78. The van der Waals surface area contributed by atoms with Gasteiger partial charge in [0.25, 0.3) is 5.91 Å². The van der Waals surface area contributed by atoms with Crippen LogP contribution in [0.4, 0.5) is 0 Å². The second-order valence-corrected chi connectivity index (χ2v) is 18.8. The molecule has 0 aliphatic heterocycles. The summed E-state index contributed by atoms with van der Waals surface area (Å²) in [6, 6.07) is 15.4. The van der Waals surface area contributed by atoms with Gasteiger partial charge in [0.15, 0.2) is 5.69 Å². The predicted molar refractivity (Wildman–Crippen MR) is 176 cm³/mol. The standard InChI is InChI=1S/C34H43Cl2N3OSi/c1-22(2)41(23(3)4,24(5)6)19-18-26-12-11-15-29(20-26)37-34(40)32-25(7)33(27-13-9-8-10-14-27)39(38-32)31-17-16-28(35)21-30(31)36/h8-10,13-14,16-17,21-24,26,29H,11-12,15,20H2,1-7H3,(H,37,40). The first-order chi connectivity index (χ1) is 19.5. The lowest BCUT2D eigenvalue weighted by molar-refractivity contribution is 0.0918. The predicted octanol–water partition coefficient (Wildman–Crippen LogP) is 9.66. The second-order valence-electron chi connectivity index (χ2n) is 12.4. The quantitative estimate of drug-likeness (QED) is 0.214.